The summed E-state index contributed by atoms with van der Waals surface area (Å²) in [5.41, 5.74) is 2.36. The molecule has 2 aliphatic rings. The van der Waals surface area contributed by atoms with Crippen LogP contribution < -0.4 is 10.5 Å². The second-order valence-corrected chi connectivity index (χ2v) is 9.87. The van der Waals surface area contributed by atoms with Gasteiger partial charge >= 0.3 is 0 Å². The normalized spacial score (nSPS) is 19.4. The summed E-state index contributed by atoms with van der Waals surface area (Å²) in [6.45, 7) is 5.74. The van der Waals surface area contributed by atoms with Gasteiger partial charge in [-0.1, -0.05) is 55.0 Å². The lowest BCUT2D eigenvalue weighted by atomic mass is 10.1. The lowest BCUT2D eigenvalue weighted by molar-refractivity contribution is -0.123. The molecule has 2 fully saturated rings. The van der Waals surface area contributed by atoms with Crippen LogP contribution in [0.1, 0.15) is 45.1 Å². The number of thiocarbonyl (C=S) groups is 1. The molecule has 2 aromatic rings. The zero-order chi connectivity index (χ0) is 21.4. The third-order valence-electron chi connectivity index (χ3n) is 5.85. The molecule has 4 rings (SSSR count). The van der Waals surface area contributed by atoms with Crippen LogP contribution >= 0.6 is 24.0 Å². The van der Waals surface area contributed by atoms with Gasteiger partial charge in [0.25, 0.3) is 11.5 Å². The number of benzene rings is 1. The van der Waals surface area contributed by atoms with Crippen LogP contribution in [0.2, 0.25) is 0 Å². The average Bonchev–Trinajstić information content (AvgIpc) is 2.89. The van der Waals surface area contributed by atoms with Crippen molar-refractivity contribution in [2.45, 2.75) is 45.6 Å². The SMILES string of the molecule is CC(C)N1C(=O)C(=Cc2c(N3CCCCCC3)c3ccccc3n(C)c2=O)SC1=S. The molecule has 0 unspecified atom stereocenters. The molecular formula is C23H27N3O2S2. The minimum absolute atomic E-state index is 0.00656. The largest absolute Gasteiger partial charge is 0.370 e. The van der Waals surface area contributed by atoms with Crippen LogP contribution in [0, 0.1) is 0 Å². The molecule has 30 heavy (non-hydrogen) atoms. The van der Waals surface area contributed by atoms with Crippen LogP contribution in [0.15, 0.2) is 34.0 Å². The summed E-state index contributed by atoms with van der Waals surface area (Å²) in [5.74, 6) is -0.114. The van der Waals surface area contributed by atoms with Crippen molar-refractivity contribution in [3.8, 4) is 0 Å². The Morgan fingerprint density at radius 3 is 2.37 bits per heavy atom. The Balaban J connectivity index is 1.94. The highest BCUT2D eigenvalue weighted by Gasteiger charge is 2.34. The number of anilines is 1. The van der Waals surface area contributed by atoms with Gasteiger partial charge in [0, 0.05) is 31.6 Å². The molecule has 1 amide bonds. The number of hydrogen-bond donors (Lipinski definition) is 0. The van der Waals surface area contributed by atoms with Gasteiger partial charge in [0.15, 0.2) is 0 Å². The molecule has 0 N–H and O–H groups in total. The number of hydrogen-bond acceptors (Lipinski definition) is 5. The van der Waals surface area contributed by atoms with E-state index in [0.29, 0.717) is 14.8 Å². The molecule has 3 heterocycles. The molecule has 2 saturated heterocycles. The number of aromatic nitrogens is 1. The van der Waals surface area contributed by atoms with E-state index in [4.69, 9.17) is 12.2 Å². The van der Waals surface area contributed by atoms with Crippen LogP contribution in [0.25, 0.3) is 17.0 Å². The van der Waals surface area contributed by atoms with Crippen LogP contribution in [-0.2, 0) is 11.8 Å². The predicted octanol–water partition coefficient (Wildman–Crippen LogP) is 4.53. The molecule has 0 radical (unpaired) electrons. The molecule has 1 aromatic heterocycles. The van der Waals surface area contributed by atoms with Crippen molar-refractivity contribution in [3.63, 3.8) is 0 Å². The summed E-state index contributed by atoms with van der Waals surface area (Å²) in [4.78, 5) is 30.9. The third kappa shape index (κ3) is 3.69. The molecule has 1 aromatic carbocycles. The highest BCUT2D eigenvalue weighted by Crippen LogP contribution is 2.37. The number of fused-ring (bicyclic) bond motifs is 1. The van der Waals surface area contributed by atoms with Gasteiger partial charge in [0.1, 0.15) is 4.32 Å². The maximum Gasteiger partial charge on any atom is 0.266 e. The Morgan fingerprint density at radius 2 is 1.73 bits per heavy atom. The average molecular weight is 442 g/mol. The Labute approximate surface area is 186 Å². The number of aryl methyl sites for hydroxylation is 1. The first-order valence-electron chi connectivity index (χ1n) is 10.5. The molecule has 0 bridgehead atoms. The van der Waals surface area contributed by atoms with Gasteiger partial charge in [0.2, 0.25) is 0 Å². The highest BCUT2D eigenvalue weighted by atomic mass is 32.2. The van der Waals surface area contributed by atoms with Crippen LogP contribution in [0.5, 0.6) is 0 Å². The van der Waals surface area contributed by atoms with E-state index in [-0.39, 0.29) is 17.5 Å². The highest BCUT2D eigenvalue weighted by molar-refractivity contribution is 8.26. The summed E-state index contributed by atoms with van der Waals surface area (Å²) in [6, 6.07) is 8.02. The summed E-state index contributed by atoms with van der Waals surface area (Å²) >= 11 is 6.72. The van der Waals surface area contributed by atoms with Crippen molar-refractivity contribution in [3.05, 3.63) is 45.1 Å². The van der Waals surface area contributed by atoms with Crippen LogP contribution in [-0.4, -0.2) is 38.8 Å². The Hall–Kier alpha value is -2.12. The van der Waals surface area contributed by atoms with Gasteiger partial charge in [0.05, 0.1) is 21.7 Å². The second kappa shape index (κ2) is 8.55. The zero-order valence-corrected chi connectivity index (χ0v) is 19.3. The molecule has 5 nitrogen and oxygen atoms in total. The molecular weight excluding hydrogens is 414 g/mol. The number of carbonyl (C=O) groups excluding carboxylic acids is 1. The van der Waals surface area contributed by atoms with E-state index < -0.39 is 0 Å². The number of carbonyl (C=O) groups is 1. The topological polar surface area (TPSA) is 45.6 Å². The molecule has 0 atom stereocenters. The van der Waals surface area contributed by atoms with Crippen molar-refractivity contribution < 1.29 is 4.79 Å². The molecule has 2 aliphatic heterocycles. The monoisotopic (exact) mass is 441 g/mol. The second-order valence-electron chi connectivity index (χ2n) is 8.19. The van der Waals surface area contributed by atoms with E-state index in [1.54, 1.807) is 22.6 Å². The van der Waals surface area contributed by atoms with Crippen LogP contribution in [0.3, 0.4) is 0 Å². The minimum Gasteiger partial charge on any atom is -0.370 e. The van der Waals surface area contributed by atoms with E-state index in [1.807, 2.05) is 32.0 Å². The van der Waals surface area contributed by atoms with Crippen molar-refractivity contribution in [1.29, 1.82) is 0 Å². The van der Waals surface area contributed by atoms with E-state index >= 15 is 0 Å². The quantitative estimate of drug-likeness (QED) is 0.517. The van der Waals surface area contributed by atoms with Crippen molar-refractivity contribution in [2.75, 3.05) is 18.0 Å². The number of para-hydroxylation sites is 1. The van der Waals surface area contributed by atoms with Gasteiger partial charge in [-0.3, -0.25) is 14.5 Å². The summed E-state index contributed by atoms with van der Waals surface area (Å²) < 4.78 is 2.24. The van der Waals surface area contributed by atoms with Gasteiger partial charge in [-0.25, -0.2) is 0 Å². The van der Waals surface area contributed by atoms with Crippen molar-refractivity contribution in [2.24, 2.45) is 7.05 Å². The van der Waals surface area contributed by atoms with E-state index in [0.717, 1.165) is 42.5 Å². The maximum absolute atomic E-state index is 13.4. The van der Waals surface area contributed by atoms with Crippen LogP contribution in [0.4, 0.5) is 5.69 Å². The summed E-state index contributed by atoms with van der Waals surface area (Å²) in [6.07, 6.45) is 6.41. The summed E-state index contributed by atoms with van der Waals surface area (Å²) in [5, 5.41) is 1.05. The fourth-order valence-corrected chi connectivity index (χ4v) is 5.83. The molecule has 0 spiro atoms. The lowest BCUT2D eigenvalue weighted by Gasteiger charge is -2.27. The first kappa shape index (κ1) is 21.1. The van der Waals surface area contributed by atoms with E-state index in [2.05, 4.69) is 11.0 Å². The Bertz CT molecular complexity index is 1100. The zero-order valence-electron chi connectivity index (χ0n) is 17.7. The lowest BCUT2D eigenvalue weighted by Crippen LogP contribution is -2.34. The predicted molar refractivity (Wildman–Crippen MR) is 130 cm³/mol. The first-order chi connectivity index (χ1) is 14.4. The van der Waals surface area contributed by atoms with Gasteiger partial charge < -0.3 is 9.47 Å². The summed E-state index contributed by atoms with van der Waals surface area (Å²) in [7, 11) is 1.80. The fourth-order valence-electron chi connectivity index (χ4n) is 4.32. The third-order valence-corrected chi connectivity index (χ3v) is 7.18. The minimum atomic E-state index is -0.114. The fraction of sp³-hybridized carbons (Fsp3) is 0.435. The first-order valence-corrected chi connectivity index (χ1v) is 11.8. The number of rotatable bonds is 3. The van der Waals surface area contributed by atoms with E-state index in [9.17, 15) is 9.59 Å². The Morgan fingerprint density at radius 1 is 1.07 bits per heavy atom. The van der Waals surface area contributed by atoms with Gasteiger partial charge in [-0.15, -0.1) is 0 Å². The van der Waals surface area contributed by atoms with Crippen molar-refractivity contribution in [1.82, 2.24) is 9.47 Å². The molecule has 158 valence electrons. The van der Waals surface area contributed by atoms with Gasteiger partial charge in [-0.05, 0) is 38.8 Å². The molecule has 0 aliphatic carbocycles. The van der Waals surface area contributed by atoms with E-state index in [1.165, 1.54) is 24.6 Å². The molecule has 7 heteroatoms. The number of pyridine rings is 1. The Kier molecular flexibility index (Phi) is 6.02. The standard InChI is InChI=1S/C23H27N3O2S2/c1-15(2)26-22(28)19(30-23(26)29)14-17-20(25-12-8-4-5-9-13-25)16-10-6-7-11-18(16)24(3)21(17)27/h6-7,10-11,14-15H,4-5,8-9,12-13H2,1-3H3. The van der Waals surface area contributed by atoms with Crippen molar-refractivity contribution >= 4 is 56.9 Å². The number of nitrogens with zero attached hydrogens (tertiary/aromatic N) is 3. The number of thioether (sulfide) groups is 1. The molecule has 0 saturated carbocycles. The smallest absolute Gasteiger partial charge is 0.266 e. The van der Waals surface area contributed by atoms with Gasteiger partial charge in [-0.2, -0.15) is 0 Å². The maximum atomic E-state index is 13.4. The number of amides is 1.